The van der Waals surface area contributed by atoms with Gasteiger partial charge < -0.3 is 15.0 Å². The van der Waals surface area contributed by atoms with Crippen LogP contribution in [0.1, 0.15) is 46.7 Å². The Labute approximate surface area is 188 Å². The standard InChI is InChI=1S/C23H31N5O4/c1-4-24-21(29)16-26-11-6-12-27(14-13-26)22(30)18-7-9-19(10-8-18)28-17(3)20(15-25-28)23(31)32-5-2/h7-10,15H,4-6,11-14,16H2,1-3H3,(H,24,29). The molecule has 0 spiro atoms. The lowest BCUT2D eigenvalue weighted by Gasteiger charge is -2.22. The maximum atomic E-state index is 13.0. The Morgan fingerprint density at radius 1 is 1.06 bits per heavy atom. The number of nitrogens with one attached hydrogen (secondary N) is 1. The molecule has 2 aromatic rings. The summed E-state index contributed by atoms with van der Waals surface area (Å²) >= 11 is 0. The molecule has 0 radical (unpaired) electrons. The molecule has 2 heterocycles. The predicted molar refractivity (Wildman–Crippen MR) is 120 cm³/mol. The number of esters is 1. The maximum absolute atomic E-state index is 13.0. The predicted octanol–water partition coefficient (Wildman–Crippen LogP) is 1.64. The van der Waals surface area contributed by atoms with E-state index >= 15 is 0 Å². The normalized spacial score (nSPS) is 14.7. The molecule has 0 bridgehead atoms. The summed E-state index contributed by atoms with van der Waals surface area (Å²) in [4.78, 5) is 40.8. The molecule has 9 nitrogen and oxygen atoms in total. The van der Waals surface area contributed by atoms with Crippen molar-refractivity contribution in [3.8, 4) is 5.69 Å². The number of carbonyl (C=O) groups is 3. The monoisotopic (exact) mass is 441 g/mol. The summed E-state index contributed by atoms with van der Waals surface area (Å²) in [5.74, 6) is -0.408. The molecular weight excluding hydrogens is 410 g/mol. The van der Waals surface area contributed by atoms with Crippen LogP contribution in [-0.4, -0.2) is 83.2 Å². The fourth-order valence-electron chi connectivity index (χ4n) is 3.80. The van der Waals surface area contributed by atoms with Crippen molar-refractivity contribution < 1.29 is 19.1 Å². The number of hydrogen-bond acceptors (Lipinski definition) is 6. The quantitative estimate of drug-likeness (QED) is 0.656. The average molecular weight is 442 g/mol. The molecule has 9 heteroatoms. The lowest BCUT2D eigenvalue weighted by atomic mass is 10.1. The van der Waals surface area contributed by atoms with Crippen LogP contribution in [0.4, 0.5) is 0 Å². The summed E-state index contributed by atoms with van der Waals surface area (Å²) in [5.41, 5.74) is 2.47. The highest BCUT2D eigenvalue weighted by Crippen LogP contribution is 2.17. The van der Waals surface area contributed by atoms with Crippen molar-refractivity contribution in [3.63, 3.8) is 0 Å². The molecule has 0 unspecified atom stereocenters. The van der Waals surface area contributed by atoms with Gasteiger partial charge in [-0.25, -0.2) is 9.48 Å². The smallest absolute Gasteiger partial charge is 0.341 e. The van der Waals surface area contributed by atoms with Gasteiger partial charge in [-0.2, -0.15) is 5.10 Å². The minimum atomic E-state index is -0.398. The highest BCUT2D eigenvalue weighted by atomic mass is 16.5. The number of amides is 2. The molecule has 3 rings (SSSR count). The molecule has 32 heavy (non-hydrogen) atoms. The van der Waals surface area contributed by atoms with E-state index in [4.69, 9.17) is 4.74 Å². The minimum absolute atomic E-state index is 0.0166. The summed E-state index contributed by atoms with van der Waals surface area (Å²) in [5, 5.41) is 7.11. The van der Waals surface area contributed by atoms with E-state index in [2.05, 4.69) is 15.3 Å². The van der Waals surface area contributed by atoms with Crippen LogP contribution < -0.4 is 5.32 Å². The van der Waals surface area contributed by atoms with E-state index in [9.17, 15) is 14.4 Å². The number of aromatic nitrogens is 2. The van der Waals surface area contributed by atoms with Gasteiger partial charge in [0.2, 0.25) is 5.91 Å². The Bertz CT molecular complexity index is 954. The molecule has 1 aliphatic heterocycles. The van der Waals surface area contributed by atoms with Crippen molar-refractivity contribution in [1.29, 1.82) is 0 Å². The molecule has 0 saturated carbocycles. The molecule has 1 fully saturated rings. The van der Waals surface area contributed by atoms with Crippen LogP contribution in [0.2, 0.25) is 0 Å². The van der Waals surface area contributed by atoms with Crippen LogP contribution in [0.15, 0.2) is 30.5 Å². The first-order valence-corrected chi connectivity index (χ1v) is 11.0. The van der Waals surface area contributed by atoms with Gasteiger partial charge in [0, 0.05) is 38.3 Å². The molecule has 1 aromatic carbocycles. The second kappa shape index (κ2) is 10.9. The van der Waals surface area contributed by atoms with Crippen molar-refractivity contribution in [2.45, 2.75) is 27.2 Å². The van der Waals surface area contributed by atoms with E-state index in [1.165, 1.54) is 6.20 Å². The van der Waals surface area contributed by atoms with Crippen molar-refractivity contribution in [1.82, 2.24) is 24.9 Å². The highest BCUT2D eigenvalue weighted by Gasteiger charge is 2.22. The Morgan fingerprint density at radius 2 is 1.81 bits per heavy atom. The Balaban J connectivity index is 1.64. The SMILES string of the molecule is CCNC(=O)CN1CCCN(C(=O)c2ccc(-n3ncc(C(=O)OCC)c3C)cc2)CC1. The molecule has 1 saturated heterocycles. The highest BCUT2D eigenvalue weighted by molar-refractivity contribution is 5.94. The lowest BCUT2D eigenvalue weighted by molar-refractivity contribution is -0.122. The van der Waals surface area contributed by atoms with E-state index < -0.39 is 5.97 Å². The summed E-state index contributed by atoms with van der Waals surface area (Å²) in [7, 11) is 0. The number of carbonyl (C=O) groups excluding carboxylic acids is 3. The van der Waals surface area contributed by atoms with Gasteiger partial charge in [0.25, 0.3) is 5.91 Å². The summed E-state index contributed by atoms with van der Waals surface area (Å²) in [6.45, 7) is 9.47. The van der Waals surface area contributed by atoms with Gasteiger partial charge in [0.15, 0.2) is 0 Å². The molecule has 2 amide bonds. The molecule has 1 aliphatic rings. The minimum Gasteiger partial charge on any atom is -0.462 e. The van der Waals surface area contributed by atoms with Crippen molar-refractivity contribution in [2.75, 3.05) is 45.9 Å². The molecule has 1 aromatic heterocycles. The summed E-state index contributed by atoms with van der Waals surface area (Å²) in [6, 6.07) is 7.20. The van der Waals surface area contributed by atoms with Crippen LogP contribution in [0, 0.1) is 6.92 Å². The largest absolute Gasteiger partial charge is 0.462 e. The summed E-state index contributed by atoms with van der Waals surface area (Å²) < 4.78 is 6.72. The van der Waals surface area contributed by atoms with Crippen LogP contribution >= 0.6 is 0 Å². The lowest BCUT2D eigenvalue weighted by Crippen LogP contribution is -2.40. The van der Waals surface area contributed by atoms with Gasteiger partial charge in [-0.15, -0.1) is 0 Å². The first kappa shape index (κ1) is 23.5. The molecular formula is C23H31N5O4. The van der Waals surface area contributed by atoms with Gasteiger partial charge >= 0.3 is 5.97 Å². The first-order valence-electron chi connectivity index (χ1n) is 11.0. The fraction of sp³-hybridized carbons (Fsp3) is 0.478. The second-order valence-electron chi connectivity index (χ2n) is 7.70. The number of rotatable bonds is 7. The van der Waals surface area contributed by atoms with Crippen molar-refractivity contribution in [3.05, 3.63) is 47.3 Å². The number of likely N-dealkylation sites (N-methyl/N-ethyl adjacent to an activating group) is 1. The topological polar surface area (TPSA) is 96.8 Å². The van der Waals surface area contributed by atoms with Gasteiger partial charge in [-0.3, -0.25) is 14.5 Å². The van der Waals surface area contributed by atoms with Crippen molar-refractivity contribution >= 4 is 17.8 Å². The Hall–Kier alpha value is -3.20. The Kier molecular flexibility index (Phi) is 7.99. The third kappa shape index (κ3) is 5.53. The van der Waals surface area contributed by atoms with E-state index in [1.54, 1.807) is 23.7 Å². The number of benzene rings is 1. The van der Waals surface area contributed by atoms with E-state index in [0.29, 0.717) is 56.2 Å². The van der Waals surface area contributed by atoms with Crippen LogP contribution in [-0.2, 0) is 9.53 Å². The van der Waals surface area contributed by atoms with Crippen LogP contribution in [0.5, 0.6) is 0 Å². The number of ether oxygens (including phenoxy) is 1. The second-order valence-corrected chi connectivity index (χ2v) is 7.70. The molecule has 0 aliphatic carbocycles. The van der Waals surface area contributed by atoms with Gasteiger partial charge in [0.1, 0.15) is 5.56 Å². The summed E-state index contributed by atoms with van der Waals surface area (Å²) in [6.07, 6.45) is 2.32. The third-order valence-electron chi connectivity index (χ3n) is 5.48. The average Bonchev–Trinajstić information content (AvgIpc) is 3.01. The van der Waals surface area contributed by atoms with E-state index in [-0.39, 0.29) is 11.8 Å². The van der Waals surface area contributed by atoms with Crippen LogP contribution in [0.25, 0.3) is 5.69 Å². The zero-order valence-electron chi connectivity index (χ0n) is 19.0. The molecule has 0 atom stereocenters. The molecule has 1 N–H and O–H groups in total. The fourth-order valence-corrected chi connectivity index (χ4v) is 3.80. The van der Waals surface area contributed by atoms with E-state index in [1.807, 2.05) is 30.9 Å². The zero-order chi connectivity index (χ0) is 23.1. The van der Waals surface area contributed by atoms with E-state index in [0.717, 1.165) is 18.7 Å². The van der Waals surface area contributed by atoms with Gasteiger partial charge in [-0.1, -0.05) is 0 Å². The number of hydrogen-bond donors (Lipinski definition) is 1. The van der Waals surface area contributed by atoms with Crippen molar-refractivity contribution in [2.24, 2.45) is 0 Å². The molecule has 172 valence electrons. The van der Waals surface area contributed by atoms with Gasteiger partial charge in [-0.05, 0) is 51.5 Å². The number of nitrogens with zero attached hydrogens (tertiary/aromatic N) is 4. The zero-order valence-corrected chi connectivity index (χ0v) is 19.0. The van der Waals surface area contributed by atoms with Gasteiger partial charge in [0.05, 0.1) is 30.7 Å². The third-order valence-corrected chi connectivity index (χ3v) is 5.48. The maximum Gasteiger partial charge on any atom is 0.341 e. The first-order chi connectivity index (χ1) is 15.4. The Morgan fingerprint density at radius 3 is 2.50 bits per heavy atom. The van der Waals surface area contributed by atoms with Crippen LogP contribution in [0.3, 0.4) is 0 Å².